The maximum atomic E-state index is 6.19. The molecule has 0 aliphatic carbocycles. The molecule has 0 spiro atoms. The van der Waals surface area contributed by atoms with Gasteiger partial charge in [0, 0.05) is 28.9 Å². The van der Waals surface area contributed by atoms with Crippen molar-refractivity contribution >= 4 is 32.4 Å². The Labute approximate surface area is 177 Å². The minimum atomic E-state index is 0.699. The van der Waals surface area contributed by atoms with E-state index in [0.717, 1.165) is 46.1 Å². The molecular weight excluding hydrogens is 372 g/mol. The van der Waals surface area contributed by atoms with Crippen LogP contribution in [0.3, 0.4) is 0 Å². The molecule has 1 aromatic heterocycles. The predicted molar refractivity (Wildman–Crippen MR) is 124 cm³/mol. The first-order valence-electron chi connectivity index (χ1n) is 11.0. The minimum absolute atomic E-state index is 0.699. The van der Waals surface area contributed by atoms with Crippen LogP contribution in [0.15, 0.2) is 54.7 Å². The van der Waals surface area contributed by atoms with Crippen LogP contribution in [0, 0.1) is 0 Å². The number of methoxy groups -OCH3 is 1. The van der Waals surface area contributed by atoms with Crippen molar-refractivity contribution in [1.29, 1.82) is 0 Å². The average Bonchev–Trinajstić information content (AvgIpc) is 2.81. The lowest BCUT2D eigenvalue weighted by Crippen LogP contribution is -2.31. The summed E-state index contributed by atoms with van der Waals surface area (Å²) >= 11 is 0. The molecular formula is C26H28N2O2. The SMILES string of the molecule is COc1cc2cnc3c4ccccc4ccc3c2cc1OCCCN1CCCCC1. The zero-order chi connectivity index (χ0) is 20.3. The molecule has 154 valence electrons. The lowest BCUT2D eigenvalue weighted by Gasteiger charge is -2.26. The summed E-state index contributed by atoms with van der Waals surface area (Å²) in [4.78, 5) is 7.32. The molecule has 4 aromatic rings. The van der Waals surface area contributed by atoms with Gasteiger partial charge >= 0.3 is 0 Å². The topological polar surface area (TPSA) is 34.6 Å². The number of likely N-dealkylation sites (tertiary alicyclic amines) is 1. The summed E-state index contributed by atoms with van der Waals surface area (Å²) in [5.74, 6) is 1.58. The van der Waals surface area contributed by atoms with E-state index in [-0.39, 0.29) is 0 Å². The summed E-state index contributed by atoms with van der Waals surface area (Å²) in [6.45, 7) is 4.26. The largest absolute Gasteiger partial charge is 0.493 e. The molecule has 0 N–H and O–H groups in total. The van der Waals surface area contributed by atoms with Crippen LogP contribution < -0.4 is 9.47 Å². The Morgan fingerprint density at radius 3 is 2.60 bits per heavy atom. The quantitative estimate of drug-likeness (QED) is 0.302. The van der Waals surface area contributed by atoms with Crippen LogP contribution in [0.5, 0.6) is 11.5 Å². The van der Waals surface area contributed by atoms with E-state index in [0.29, 0.717) is 6.61 Å². The predicted octanol–water partition coefficient (Wildman–Crippen LogP) is 5.80. The van der Waals surface area contributed by atoms with Crippen molar-refractivity contribution in [2.45, 2.75) is 25.7 Å². The summed E-state index contributed by atoms with van der Waals surface area (Å²) in [5.41, 5.74) is 1.03. The van der Waals surface area contributed by atoms with E-state index in [4.69, 9.17) is 14.5 Å². The molecule has 4 heteroatoms. The number of aromatic nitrogens is 1. The fraction of sp³-hybridized carbons (Fsp3) is 0.346. The maximum Gasteiger partial charge on any atom is 0.161 e. The lowest BCUT2D eigenvalue weighted by atomic mass is 10.0. The van der Waals surface area contributed by atoms with Crippen LogP contribution in [0.25, 0.3) is 32.4 Å². The molecule has 4 nitrogen and oxygen atoms in total. The third kappa shape index (κ3) is 3.68. The Bertz CT molecular complexity index is 1180. The van der Waals surface area contributed by atoms with E-state index in [1.54, 1.807) is 7.11 Å². The number of fused-ring (bicyclic) bond motifs is 5. The third-order valence-electron chi connectivity index (χ3n) is 6.18. The van der Waals surface area contributed by atoms with Crippen molar-refractivity contribution in [2.24, 2.45) is 0 Å². The van der Waals surface area contributed by atoms with Gasteiger partial charge in [-0.15, -0.1) is 0 Å². The van der Waals surface area contributed by atoms with Crippen molar-refractivity contribution in [1.82, 2.24) is 9.88 Å². The van der Waals surface area contributed by atoms with E-state index in [1.807, 2.05) is 12.3 Å². The monoisotopic (exact) mass is 400 g/mol. The van der Waals surface area contributed by atoms with E-state index in [9.17, 15) is 0 Å². The van der Waals surface area contributed by atoms with Crippen molar-refractivity contribution in [3.05, 3.63) is 54.7 Å². The molecule has 1 saturated heterocycles. The number of benzene rings is 3. The van der Waals surface area contributed by atoms with Crippen LogP contribution >= 0.6 is 0 Å². The zero-order valence-electron chi connectivity index (χ0n) is 17.6. The molecule has 5 rings (SSSR count). The molecule has 0 unspecified atom stereocenters. The summed E-state index contributed by atoms with van der Waals surface area (Å²) in [6, 6.07) is 16.9. The second kappa shape index (κ2) is 8.49. The van der Waals surface area contributed by atoms with Gasteiger partial charge in [-0.1, -0.05) is 42.8 Å². The average molecular weight is 401 g/mol. The Kier molecular flexibility index (Phi) is 5.41. The molecule has 0 bridgehead atoms. The number of pyridine rings is 1. The van der Waals surface area contributed by atoms with Crippen LogP contribution in [-0.2, 0) is 0 Å². The second-order valence-corrected chi connectivity index (χ2v) is 8.14. The standard InChI is InChI=1S/C26H28N2O2/c1-29-24-16-20-18-27-26-21-9-4-3-8-19(21)10-11-22(26)23(20)17-25(24)30-15-7-14-28-12-5-2-6-13-28/h3-4,8-11,16-18H,2,5-7,12-15H2,1H3. The Morgan fingerprint density at radius 2 is 1.73 bits per heavy atom. The molecule has 1 fully saturated rings. The lowest BCUT2D eigenvalue weighted by molar-refractivity contribution is 0.203. The van der Waals surface area contributed by atoms with Gasteiger partial charge in [-0.2, -0.15) is 0 Å². The van der Waals surface area contributed by atoms with E-state index in [1.165, 1.54) is 43.1 Å². The highest BCUT2D eigenvalue weighted by molar-refractivity contribution is 6.15. The van der Waals surface area contributed by atoms with Crippen LogP contribution in [-0.4, -0.2) is 43.2 Å². The number of nitrogens with zero attached hydrogens (tertiary/aromatic N) is 2. The first-order valence-corrected chi connectivity index (χ1v) is 11.0. The van der Waals surface area contributed by atoms with Crippen LogP contribution in [0.2, 0.25) is 0 Å². The van der Waals surface area contributed by atoms with Gasteiger partial charge in [0.1, 0.15) is 0 Å². The fourth-order valence-corrected chi connectivity index (χ4v) is 4.59. The summed E-state index contributed by atoms with van der Waals surface area (Å²) in [6.07, 6.45) is 7.00. The van der Waals surface area contributed by atoms with E-state index in [2.05, 4.69) is 47.4 Å². The van der Waals surface area contributed by atoms with Gasteiger partial charge in [-0.25, -0.2) is 0 Å². The summed E-state index contributed by atoms with van der Waals surface area (Å²) < 4.78 is 11.8. The molecule has 3 aromatic carbocycles. The van der Waals surface area contributed by atoms with Crippen molar-refractivity contribution in [3.8, 4) is 11.5 Å². The van der Waals surface area contributed by atoms with Crippen molar-refractivity contribution in [3.63, 3.8) is 0 Å². The highest BCUT2D eigenvalue weighted by Gasteiger charge is 2.13. The summed E-state index contributed by atoms with van der Waals surface area (Å²) in [5, 5.41) is 5.75. The highest BCUT2D eigenvalue weighted by atomic mass is 16.5. The van der Waals surface area contributed by atoms with Crippen LogP contribution in [0.1, 0.15) is 25.7 Å². The third-order valence-corrected chi connectivity index (χ3v) is 6.18. The number of hydrogen-bond donors (Lipinski definition) is 0. The van der Waals surface area contributed by atoms with Gasteiger partial charge < -0.3 is 14.4 Å². The van der Waals surface area contributed by atoms with Crippen LogP contribution in [0.4, 0.5) is 0 Å². The van der Waals surface area contributed by atoms with Gasteiger partial charge in [0.25, 0.3) is 0 Å². The highest BCUT2D eigenvalue weighted by Crippen LogP contribution is 2.36. The molecule has 1 aliphatic heterocycles. The van der Waals surface area contributed by atoms with Gasteiger partial charge in [-0.05, 0) is 55.3 Å². The molecule has 30 heavy (non-hydrogen) atoms. The second-order valence-electron chi connectivity index (χ2n) is 8.14. The fourth-order valence-electron chi connectivity index (χ4n) is 4.59. The van der Waals surface area contributed by atoms with Gasteiger partial charge in [0.05, 0.1) is 19.2 Å². The molecule has 2 heterocycles. The number of ether oxygens (including phenoxy) is 2. The van der Waals surface area contributed by atoms with Crippen molar-refractivity contribution < 1.29 is 9.47 Å². The number of hydrogen-bond acceptors (Lipinski definition) is 4. The normalized spacial score (nSPS) is 15.1. The first-order chi connectivity index (χ1) is 14.8. The molecule has 0 radical (unpaired) electrons. The molecule has 0 amide bonds. The van der Waals surface area contributed by atoms with Gasteiger partial charge in [0.15, 0.2) is 11.5 Å². The van der Waals surface area contributed by atoms with Gasteiger partial charge in [0.2, 0.25) is 0 Å². The maximum absolute atomic E-state index is 6.19. The number of rotatable bonds is 6. The van der Waals surface area contributed by atoms with E-state index < -0.39 is 0 Å². The van der Waals surface area contributed by atoms with Crippen molar-refractivity contribution in [2.75, 3.05) is 33.4 Å². The minimum Gasteiger partial charge on any atom is -0.493 e. The summed E-state index contributed by atoms with van der Waals surface area (Å²) in [7, 11) is 1.70. The Morgan fingerprint density at radius 1 is 0.867 bits per heavy atom. The Balaban J connectivity index is 1.44. The van der Waals surface area contributed by atoms with Gasteiger partial charge in [-0.3, -0.25) is 4.98 Å². The Hall–Kier alpha value is -2.85. The zero-order valence-corrected chi connectivity index (χ0v) is 17.6. The smallest absolute Gasteiger partial charge is 0.161 e. The molecule has 0 atom stereocenters. The molecule has 1 aliphatic rings. The first kappa shape index (κ1) is 19.1. The van der Waals surface area contributed by atoms with E-state index >= 15 is 0 Å². The number of piperidine rings is 1. The molecule has 0 saturated carbocycles.